The molecule has 0 bridgehead atoms. The first kappa shape index (κ1) is 5.74. The first-order valence-electron chi connectivity index (χ1n) is 3.04. The number of thiophene rings is 1. The van der Waals surface area contributed by atoms with Gasteiger partial charge in [0, 0.05) is 4.70 Å². The van der Waals surface area contributed by atoms with Crippen LogP contribution < -0.4 is 5.73 Å². The van der Waals surface area contributed by atoms with Crippen molar-refractivity contribution in [3.8, 4) is 0 Å². The second-order valence-electron chi connectivity index (χ2n) is 2.12. The third-order valence-corrected chi connectivity index (χ3v) is 2.33. The number of hydrogen-bond donors (Lipinski definition) is 0. The summed E-state index contributed by atoms with van der Waals surface area (Å²) in [5.74, 6) is 0. The lowest BCUT2D eigenvalue weighted by Crippen LogP contribution is -1.56. The Balaban J connectivity index is 2.88. The molecule has 0 saturated carbocycles. The van der Waals surface area contributed by atoms with Crippen molar-refractivity contribution in [2.24, 2.45) is 0 Å². The lowest BCUT2D eigenvalue weighted by molar-refractivity contribution is 1.60. The third-order valence-electron chi connectivity index (χ3n) is 1.41. The van der Waals surface area contributed by atoms with E-state index in [1.165, 1.54) is 11.3 Å². The summed E-state index contributed by atoms with van der Waals surface area (Å²) in [5.41, 5.74) is 9.07. The van der Waals surface area contributed by atoms with Gasteiger partial charge in [-0.2, -0.15) is 0 Å². The minimum absolute atomic E-state index is 0.390. The fraction of sp³-hybridized carbons (Fsp3) is 0. The Labute approximate surface area is 63.1 Å². The van der Waals surface area contributed by atoms with E-state index in [0.29, 0.717) is 5.00 Å². The van der Waals surface area contributed by atoms with Gasteiger partial charge < -0.3 is 0 Å². The molecule has 0 unspecified atom stereocenters. The van der Waals surface area contributed by atoms with E-state index in [1.807, 2.05) is 24.3 Å². The number of nitrogens with zero attached hydrogens (tertiary/aromatic N) is 1. The lowest BCUT2D eigenvalue weighted by Gasteiger charge is -1.81. The molecule has 10 heavy (non-hydrogen) atoms. The molecule has 2 aromatic rings. The molecule has 2 rings (SSSR count). The van der Waals surface area contributed by atoms with Gasteiger partial charge in [0.25, 0.3) is 0 Å². The SMILES string of the molecule is [N]c1cc2ccccc2s1. The highest BCUT2D eigenvalue weighted by Crippen LogP contribution is 2.27. The van der Waals surface area contributed by atoms with Crippen LogP contribution in [0.5, 0.6) is 0 Å². The molecule has 0 spiro atoms. The Morgan fingerprint density at radius 1 is 1.20 bits per heavy atom. The van der Waals surface area contributed by atoms with Crippen LogP contribution in [0.25, 0.3) is 10.1 Å². The van der Waals surface area contributed by atoms with Crippen molar-refractivity contribution in [1.82, 2.24) is 5.73 Å². The first-order chi connectivity index (χ1) is 4.86. The molecule has 2 heteroatoms. The van der Waals surface area contributed by atoms with Gasteiger partial charge in [0.1, 0.15) is 5.00 Å². The largest absolute Gasteiger partial charge is 0.140 e. The molecule has 1 aromatic heterocycles. The maximum absolute atomic E-state index is 9.07. The monoisotopic (exact) mass is 147 g/mol. The smallest absolute Gasteiger partial charge is 0.139 e. The average molecular weight is 147 g/mol. The zero-order chi connectivity index (χ0) is 6.97. The van der Waals surface area contributed by atoms with Gasteiger partial charge in [0.05, 0.1) is 0 Å². The summed E-state index contributed by atoms with van der Waals surface area (Å²) in [4.78, 5) is 0. The summed E-state index contributed by atoms with van der Waals surface area (Å²) >= 11 is 1.41. The number of hydrogen-bond acceptors (Lipinski definition) is 1. The first-order valence-corrected chi connectivity index (χ1v) is 3.85. The molecular weight excluding hydrogens is 142 g/mol. The van der Waals surface area contributed by atoms with Gasteiger partial charge in [-0.25, -0.2) is 0 Å². The summed E-state index contributed by atoms with van der Waals surface area (Å²) in [7, 11) is 0. The van der Waals surface area contributed by atoms with Crippen LogP contribution in [0.3, 0.4) is 0 Å². The van der Waals surface area contributed by atoms with Crippen LogP contribution in [-0.4, -0.2) is 0 Å². The molecule has 1 nitrogen and oxygen atoms in total. The van der Waals surface area contributed by atoms with Crippen LogP contribution >= 0.6 is 11.3 Å². The van der Waals surface area contributed by atoms with Gasteiger partial charge in [0.15, 0.2) is 0 Å². The summed E-state index contributed by atoms with van der Waals surface area (Å²) in [6.07, 6.45) is 0. The molecule has 0 aliphatic rings. The molecule has 48 valence electrons. The molecule has 1 aromatic carbocycles. The molecule has 2 radical (unpaired) electrons. The zero-order valence-corrected chi connectivity index (χ0v) is 6.06. The fourth-order valence-corrected chi connectivity index (χ4v) is 1.77. The predicted molar refractivity (Wildman–Crippen MR) is 43.6 cm³/mol. The van der Waals surface area contributed by atoms with Crippen molar-refractivity contribution in [3.05, 3.63) is 30.3 Å². The second kappa shape index (κ2) is 1.99. The minimum Gasteiger partial charge on any atom is -0.139 e. The van der Waals surface area contributed by atoms with Crippen molar-refractivity contribution in [2.75, 3.05) is 0 Å². The molecule has 0 saturated heterocycles. The van der Waals surface area contributed by atoms with Crippen molar-refractivity contribution >= 4 is 26.4 Å². The quantitative estimate of drug-likeness (QED) is 0.546. The van der Waals surface area contributed by atoms with E-state index in [9.17, 15) is 0 Å². The molecule has 1 heterocycles. The van der Waals surface area contributed by atoms with Crippen LogP contribution in [0.4, 0.5) is 5.00 Å². The van der Waals surface area contributed by atoms with Crippen LogP contribution in [0.2, 0.25) is 0 Å². The van der Waals surface area contributed by atoms with Gasteiger partial charge in [-0.3, -0.25) is 0 Å². The Bertz CT molecular complexity index is 318. The summed E-state index contributed by atoms with van der Waals surface area (Å²) < 4.78 is 1.14. The second-order valence-corrected chi connectivity index (χ2v) is 3.18. The number of rotatable bonds is 0. The zero-order valence-electron chi connectivity index (χ0n) is 5.24. The Hall–Kier alpha value is -1.02. The van der Waals surface area contributed by atoms with Gasteiger partial charge in [-0.15, -0.1) is 17.1 Å². The van der Waals surface area contributed by atoms with Gasteiger partial charge in [-0.05, 0) is 17.5 Å². The Morgan fingerprint density at radius 3 is 2.80 bits per heavy atom. The normalized spacial score (nSPS) is 10.4. The number of fused-ring (bicyclic) bond motifs is 1. The van der Waals surface area contributed by atoms with E-state index in [1.54, 1.807) is 6.07 Å². The maximum Gasteiger partial charge on any atom is 0.140 e. The molecule has 0 aliphatic carbocycles. The van der Waals surface area contributed by atoms with Crippen LogP contribution in [-0.2, 0) is 0 Å². The Kier molecular flexibility index (Phi) is 1.14. The molecular formula is C8H5NS. The van der Waals surface area contributed by atoms with Gasteiger partial charge in [0.2, 0.25) is 0 Å². The highest BCUT2D eigenvalue weighted by atomic mass is 32.1. The van der Waals surface area contributed by atoms with Crippen molar-refractivity contribution < 1.29 is 0 Å². The number of benzene rings is 1. The van der Waals surface area contributed by atoms with E-state index in [-0.39, 0.29) is 0 Å². The van der Waals surface area contributed by atoms with Crippen molar-refractivity contribution in [1.29, 1.82) is 0 Å². The standard InChI is InChI=1S/C8H5NS/c9-8-5-6-3-1-2-4-7(6)10-8/h1-5H. The predicted octanol–water partition coefficient (Wildman–Crippen LogP) is 2.60. The maximum atomic E-state index is 9.07. The molecule has 0 N–H and O–H groups in total. The van der Waals surface area contributed by atoms with E-state index >= 15 is 0 Å². The topological polar surface area (TPSA) is 22.3 Å². The van der Waals surface area contributed by atoms with Crippen molar-refractivity contribution in [3.63, 3.8) is 0 Å². The van der Waals surface area contributed by atoms with Gasteiger partial charge in [-0.1, -0.05) is 18.2 Å². The summed E-state index contributed by atoms with van der Waals surface area (Å²) in [5, 5.41) is 1.51. The molecule has 0 atom stereocenters. The molecule has 0 fully saturated rings. The van der Waals surface area contributed by atoms with Crippen molar-refractivity contribution in [2.45, 2.75) is 0 Å². The van der Waals surface area contributed by atoms with Crippen LogP contribution in [0.15, 0.2) is 30.3 Å². The highest BCUT2D eigenvalue weighted by Gasteiger charge is 1.96. The van der Waals surface area contributed by atoms with E-state index in [0.717, 1.165) is 10.1 Å². The van der Waals surface area contributed by atoms with Gasteiger partial charge >= 0.3 is 0 Å². The fourth-order valence-electron chi connectivity index (χ4n) is 0.968. The van der Waals surface area contributed by atoms with Crippen LogP contribution in [0.1, 0.15) is 0 Å². The average Bonchev–Trinajstić information content (AvgIpc) is 2.27. The van der Waals surface area contributed by atoms with E-state index < -0.39 is 0 Å². The molecule has 0 amide bonds. The summed E-state index contributed by atoms with van der Waals surface area (Å²) in [6, 6.07) is 9.71. The highest BCUT2D eigenvalue weighted by molar-refractivity contribution is 7.22. The molecule has 0 aliphatic heterocycles. The Morgan fingerprint density at radius 2 is 2.00 bits per heavy atom. The van der Waals surface area contributed by atoms with E-state index in [2.05, 4.69) is 0 Å². The van der Waals surface area contributed by atoms with E-state index in [4.69, 9.17) is 5.73 Å². The summed E-state index contributed by atoms with van der Waals surface area (Å²) in [6.45, 7) is 0. The minimum atomic E-state index is 0.390. The lowest BCUT2D eigenvalue weighted by atomic mass is 10.3. The van der Waals surface area contributed by atoms with Crippen LogP contribution in [0, 0.1) is 0 Å². The third kappa shape index (κ3) is 0.772.